The van der Waals surface area contributed by atoms with Crippen molar-refractivity contribution in [3.8, 4) is 0 Å². The zero-order chi connectivity index (χ0) is 18.0. The number of aryl methyl sites for hydroxylation is 1. The highest BCUT2D eigenvalue weighted by Crippen LogP contribution is 2.27. The maximum Gasteiger partial charge on any atom is 0.252 e. The lowest BCUT2D eigenvalue weighted by molar-refractivity contribution is -0.538. The van der Waals surface area contributed by atoms with Crippen LogP contribution in [0.3, 0.4) is 0 Å². The van der Waals surface area contributed by atoms with Crippen LogP contribution in [0.5, 0.6) is 0 Å². The van der Waals surface area contributed by atoms with E-state index in [4.69, 9.17) is 0 Å². The van der Waals surface area contributed by atoms with Crippen LogP contribution in [0.4, 0.5) is 5.69 Å². The van der Waals surface area contributed by atoms with E-state index in [1.54, 1.807) is 12.1 Å². The predicted octanol–water partition coefficient (Wildman–Crippen LogP) is 2.74. The maximum atomic E-state index is 10.4. The smallest absolute Gasteiger partial charge is 0.252 e. The van der Waals surface area contributed by atoms with E-state index in [0.717, 1.165) is 12.1 Å². The summed E-state index contributed by atoms with van der Waals surface area (Å²) in [7, 11) is -2.08. The summed E-state index contributed by atoms with van der Waals surface area (Å²) in [5.41, 5.74) is 3.78. The molecule has 0 bridgehead atoms. The summed E-state index contributed by atoms with van der Waals surface area (Å²) in [6.45, 7) is 4.16. The summed E-state index contributed by atoms with van der Waals surface area (Å²) < 4.78 is 33.7. The van der Waals surface area contributed by atoms with Gasteiger partial charge in [0, 0.05) is 5.56 Å². The first kappa shape index (κ1) is 17.6. The highest BCUT2D eigenvalue weighted by molar-refractivity contribution is 7.85. The van der Waals surface area contributed by atoms with Crippen LogP contribution in [0.15, 0.2) is 53.4 Å². The summed E-state index contributed by atoms with van der Waals surface area (Å²) in [5, 5.41) is 0. The van der Waals surface area contributed by atoms with Crippen molar-refractivity contribution in [2.75, 3.05) is 18.5 Å². The minimum absolute atomic E-state index is 0.178. The van der Waals surface area contributed by atoms with Gasteiger partial charge in [0.15, 0.2) is 0 Å². The van der Waals surface area contributed by atoms with E-state index in [1.165, 1.54) is 48.6 Å². The van der Waals surface area contributed by atoms with Gasteiger partial charge in [0.25, 0.3) is 5.84 Å². The van der Waals surface area contributed by atoms with Crippen molar-refractivity contribution >= 4 is 21.6 Å². The van der Waals surface area contributed by atoms with Gasteiger partial charge in [0.1, 0.15) is 22.4 Å². The third-order valence-electron chi connectivity index (χ3n) is 4.60. The van der Waals surface area contributed by atoms with E-state index in [9.17, 15) is 13.0 Å². The van der Waals surface area contributed by atoms with Gasteiger partial charge in [-0.15, -0.1) is 0 Å². The maximum absolute atomic E-state index is 10.4. The van der Waals surface area contributed by atoms with Crippen molar-refractivity contribution in [2.45, 2.75) is 31.2 Å². The standard InChI is InChI=1S/C12H15N2.C7H8O3S/c1-13-11-6-3-2-5-10(11)9-14-8-4-7-12(13)14;1-6-2-4-7(5-3-6)11(8,9)10/h2-3,5-6H,4,7-9H2,1H3;2-5H,1H3,(H,8,9,10)/q+1;/p-1. The number of anilines is 1. The Morgan fingerprint density at radius 2 is 1.76 bits per heavy atom. The predicted molar refractivity (Wildman–Crippen MR) is 97.1 cm³/mol. The molecular weight excluding hydrogens is 336 g/mol. The Morgan fingerprint density at radius 3 is 2.44 bits per heavy atom. The number of nitrogens with zero attached hydrogens (tertiary/aromatic N) is 2. The molecule has 2 aliphatic rings. The number of amidine groups is 1. The second kappa shape index (κ2) is 6.98. The third-order valence-corrected chi connectivity index (χ3v) is 5.45. The Kier molecular flexibility index (Phi) is 4.92. The van der Waals surface area contributed by atoms with Crippen LogP contribution in [0.1, 0.15) is 24.0 Å². The van der Waals surface area contributed by atoms with Crippen molar-refractivity contribution in [2.24, 2.45) is 0 Å². The molecule has 132 valence electrons. The second-order valence-corrected chi connectivity index (χ2v) is 7.78. The SMILES string of the molecule is CN1C2=[N+](CCC2)Cc2ccccc21.Cc1ccc(S(=O)(=O)[O-])cc1. The first-order chi connectivity index (χ1) is 11.9. The second-order valence-electron chi connectivity index (χ2n) is 6.40. The molecule has 2 heterocycles. The number of rotatable bonds is 1. The molecule has 0 spiro atoms. The third kappa shape index (κ3) is 3.91. The Labute approximate surface area is 149 Å². The number of fused-ring (bicyclic) bond motifs is 1. The van der Waals surface area contributed by atoms with E-state index in [-0.39, 0.29) is 4.90 Å². The van der Waals surface area contributed by atoms with Gasteiger partial charge in [-0.1, -0.05) is 35.9 Å². The largest absolute Gasteiger partial charge is 0.744 e. The summed E-state index contributed by atoms with van der Waals surface area (Å²) in [4.78, 5) is 2.18. The Bertz CT molecular complexity index is 903. The first-order valence-electron chi connectivity index (χ1n) is 8.31. The molecule has 0 aromatic heterocycles. The van der Waals surface area contributed by atoms with Crippen LogP contribution in [0, 0.1) is 6.92 Å². The fraction of sp³-hybridized carbons (Fsp3) is 0.316. The van der Waals surface area contributed by atoms with Crippen molar-refractivity contribution in [3.63, 3.8) is 0 Å². The fourth-order valence-electron chi connectivity index (χ4n) is 3.29. The monoisotopic (exact) mass is 358 g/mol. The van der Waals surface area contributed by atoms with Crippen LogP contribution in [-0.4, -0.2) is 37.0 Å². The molecule has 0 fully saturated rings. The molecule has 5 nitrogen and oxygen atoms in total. The molecule has 0 saturated heterocycles. The Hall–Kier alpha value is -2.18. The van der Waals surface area contributed by atoms with Gasteiger partial charge < -0.3 is 4.55 Å². The molecule has 0 atom stereocenters. The minimum Gasteiger partial charge on any atom is -0.744 e. The lowest BCUT2D eigenvalue weighted by Gasteiger charge is -2.22. The molecule has 2 aromatic carbocycles. The normalized spacial score (nSPS) is 16.0. The summed E-state index contributed by atoms with van der Waals surface area (Å²) in [6, 6.07) is 14.5. The van der Waals surface area contributed by atoms with Crippen LogP contribution in [-0.2, 0) is 16.7 Å². The van der Waals surface area contributed by atoms with E-state index in [2.05, 4.69) is 40.8 Å². The van der Waals surface area contributed by atoms with Crippen molar-refractivity contribution < 1.29 is 17.5 Å². The average molecular weight is 358 g/mol. The molecule has 0 N–H and O–H groups in total. The zero-order valence-electron chi connectivity index (χ0n) is 14.5. The molecule has 0 radical (unpaired) electrons. The molecule has 2 aliphatic heterocycles. The van der Waals surface area contributed by atoms with Gasteiger partial charge in [-0.3, -0.25) is 4.58 Å². The molecule has 0 saturated carbocycles. The lowest BCUT2D eigenvalue weighted by Crippen LogP contribution is -2.36. The molecule has 0 amide bonds. The van der Waals surface area contributed by atoms with Crippen molar-refractivity contribution in [1.29, 1.82) is 0 Å². The van der Waals surface area contributed by atoms with Gasteiger partial charge >= 0.3 is 0 Å². The summed E-state index contributed by atoms with van der Waals surface area (Å²) in [5.74, 6) is 1.50. The van der Waals surface area contributed by atoms with Crippen LogP contribution >= 0.6 is 0 Å². The Balaban J connectivity index is 0.000000151. The highest BCUT2D eigenvalue weighted by atomic mass is 32.2. The fourth-order valence-corrected chi connectivity index (χ4v) is 3.76. The molecule has 0 unspecified atom stereocenters. The number of benzene rings is 2. The van der Waals surface area contributed by atoms with Crippen LogP contribution < -0.4 is 4.90 Å². The van der Waals surface area contributed by atoms with Gasteiger partial charge in [-0.2, -0.15) is 0 Å². The molecule has 0 aliphatic carbocycles. The molecule has 6 heteroatoms. The van der Waals surface area contributed by atoms with E-state index in [0.29, 0.717) is 0 Å². The number of hydrogen-bond acceptors (Lipinski definition) is 4. The topological polar surface area (TPSA) is 63.5 Å². The van der Waals surface area contributed by atoms with Crippen molar-refractivity contribution in [1.82, 2.24) is 0 Å². The van der Waals surface area contributed by atoms with Gasteiger partial charge in [-0.05, 0) is 31.5 Å². The van der Waals surface area contributed by atoms with Crippen molar-refractivity contribution in [3.05, 3.63) is 59.7 Å². The lowest BCUT2D eigenvalue weighted by atomic mass is 10.1. The van der Waals surface area contributed by atoms with Crippen LogP contribution in [0.2, 0.25) is 0 Å². The molecule has 4 rings (SSSR count). The number of hydrogen-bond donors (Lipinski definition) is 0. The van der Waals surface area contributed by atoms with E-state index in [1.807, 2.05) is 6.92 Å². The van der Waals surface area contributed by atoms with Gasteiger partial charge in [-0.25, -0.2) is 13.3 Å². The molecule has 2 aromatic rings. The first-order valence-corrected chi connectivity index (χ1v) is 9.72. The summed E-state index contributed by atoms with van der Waals surface area (Å²) in [6.07, 6.45) is 2.55. The van der Waals surface area contributed by atoms with E-state index < -0.39 is 10.1 Å². The average Bonchev–Trinajstić information content (AvgIpc) is 3.04. The quantitative estimate of drug-likeness (QED) is 0.581. The van der Waals surface area contributed by atoms with Gasteiger partial charge in [0.2, 0.25) is 0 Å². The minimum atomic E-state index is -4.27. The van der Waals surface area contributed by atoms with Crippen LogP contribution in [0.25, 0.3) is 0 Å². The Morgan fingerprint density at radius 1 is 1.08 bits per heavy atom. The van der Waals surface area contributed by atoms with E-state index >= 15 is 0 Å². The summed E-state index contributed by atoms with van der Waals surface area (Å²) >= 11 is 0. The molecule has 25 heavy (non-hydrogen) atoms. The van der Waals surface area contributed by atoms with Gasteiger partial charge in [0.05, 0.1) is 24.9 Å². The zero-order valence-corrected chi connectivity index (χ0v) is 15.3. The number of para-hydroxylation sites is 1. The molecular formula is C19H22N2O3S. The highest BCUT2D eigenvalue weighted by Gasteiger charge is 2.32.